The van der Waals surface area contributed by atoms with Crippen LogP contribution in [0.4, 0.5) is 14.5 Å². The number of amides is 1. The van der Waals surface area contributed by atoms with E-state index in [2.05, 4.69) is 10.0 Å². The third kappa shape index (κ3) is 6.50. The molecule has 0 fully saturated rings. The molecule has 1 atom stereocenters. The largest absolute Gasteiger partial charge is 0.492 e. The number of hydrogen-bond acceptors (Lipinski definition) is 4. The summed E-state index contributed by atoms with van der Waals surface area (Å²) in [6, 6.07) is 14.3. The number of benzene rings is 3. The number of nitrogens with one attached hydrogen (secondary N) is 2. The van der Waals surface area contributed by atoms with Gasteiger partial charge in [-0.3, -0.25) is 4.79 Å². The highest BCUT2D eigenvalue weighted by molar-refractivity contribution is 7.89. The molecule has 0 aliphatic carbocycles. The van der Waals surface area contributed by atoms with E-state index < -0.39 is 33.6 Å². The Labute approximate surface area is 195 Å². The van der Waals surface area contributed by atoms with E-state index in [0.717, 1.165) is 12.1 Å². The smallest absolute Gasteiger partial charge is 0.242 e. The molecule has 10 heteroatoms. The highest BCUT2D eigenvalue weighted by Crippen LogP contribution is 2.27. The third-order valence-corrected chi connectivity index (χ3v) is 6.36. The van der Waals surface area contributed by atoms with Crippen LogP contribution in [0.25, 0.3) is 0 Å². The molecule has 6 nitrogen and oxygen atoms in total. The third-order valence-electron chi connectivity index (χ3n) is 4.60. The average Bonchev–Trinajstić information content (AvgIpc) is 2.78. The molecule has 0 saturated carbocycles. The monoisotopic (exact) mass is 494 g/mol. The van der Waals surface area contributed by atoms with Crippen molar-refractivity contribution >= 4 is 33.2 Å². The molecule has 3 aromatic carbocycles. The Kier molecular flexibility index (Phi) is 8.01. The van der Waals surface area contributed by atoms with Gasteiger partial charge in [0.2, 0.25) is 15.9 Å². The fraction of sp³-hybridized carbons (Fsp3) is 0.174. The topological polar surface area (TPSA) is 84.5 Å². The van der Waals surface area contributed by atoms with Crippen molar-refractivity contribution in [2.75, 3.05) is 11.9 Å². The van der Waals surface area contributed by atoms with E-state index in [9.17, 15) is 22.0 Å². The summed E-state index contributed by atoms with van der Waals surface area (Å²) in [5.74, 6) is -2.63. The van der Waals surface area contributed by atoms with Crippen LogP contribution in [-0.2, 0) is 21.2 Å². The molecule has 0 aromatic heterocycles. The predicted octanol–water partition coefficient (Wildman–Crippen LogP) is 4.55. The lowest BCUT2D eigenvalue weighted by atomic mass is 10.1. The van der Waals surface area contributed by atoms with Gasteiger partial charge >= 0.3 is 0 Å². The highest BCUT2D eigenvalue weighted by Gasteiger charge is 2.27. The van der Waals surface area contributed by atoms with Crippen molar-refractivity contribution in [1.82, 2.24) is 4.72 Å². The normalized spacial score (nSPS) is 12.2. The zero-order valence-electron chi connectivity index (χ0n) is 17.5. The van der Waals surface area contributed by atoms with E-state index in [1.165, 1.54) is 24.3 Å². The number of anilines is 1. The van der Waals surface area contributed by atoms with Gasteiger partial charge in [-0.2, -0.15) is 4.72 Å². The summed E-state index contributed by atoms with van der Waals surface area (Å²) in [6.45, 7) is 2.12. The molecule has 0 spiro atoms. The van der Waals surface area contributed by atoms with Gasteiger partial charge in [0.15, 0.2) is 11.6 Å². The Bertz CT molecular complexity index is 1240. The number of rotatable bonds is 9. The van der Waals surface area contributed by atoms with Crippen molar-refractivity contribution < 1.29 is 26.7 Å². The van der Waals surface area contributed by atoms with Crippen molar-refractivity contribution in [2.45, 2.75) is 24.3 Å². The Morgan fingerprint density at radius 2 is 1.76 bits per heavy atom. The summed E-state index contributed by atoms with van der Waals surface area (Å²) >= 11 is 6.12. The van der Waals surface area contributed by atoms with E-state index in [1.54, 1.807) is 37.3 Å². The van der Waals surface area contributed by atoms with Gasteiger partial charge < -0.3 is 10.1 Å². The lowest BCUT2D eigenvalue weighted by Crippen LogP contribution is -2.45. The van der Waals surface area contributed by atoms with Gasteiger partial charge in [-0.15, -0.1) is 0 Å². The first-order valence-corrected chi connectivity index (χ1v) is 11.8. The van der Waals surface area contributed by atoms with Gasteiger partial charge in [0, 0.05) is 11.8 Å². The first-order valence-electron chi connectivity index (χ1n) is 9.94. The zero-order valence-corrected chi connectivity index (χ0v) is 19.1. The van der Waals surface area contributed by atoms with Gasteiger partial charge in [-0.25, -0.2) is 17.2 Å². The molecule has 3 rings (SSSR count). The van der Waals surface area contributed by atoms with Gasteiger partial charge in [-0.1, -0.05) is 41.9 Å². The maximum atomic E-state index is 13.5. The molecule has 0 radical (unpaired) electrons. The fourth-order valence-corrected chi connectivity index (χ4v) is 4.54. The summed E-state index contributed by atoms with van der Waals surface area (Å²) in [4.78, 5) is 12.8. The van der Waals surface area contributed by atoms with E-state index in [4.69, 9.17) is 16.3 Å². The molecule has 174 valence electrons. The fourth-order valence-electron chi connectivity index (χ4n) is 3.02. The van der Waals surface area contributed by atoms with Crippen LogP contribution in [0.15, 0.2) is 71.6 Å². The Hall–Kier alpha value is -3.01. The van der Waals surface area contributed by atoms with E-state index in [0.29, 0.717) is 17.9 Å². The summed E-state index contributed by atoms with van der Waals surface area (Å²) in [7, 11) is -4.17. The molecular weight excluding hydrogens is 474 g/mol. The maximum absolute atomic E-state index is 13.5. The number of halogens is 3. The standard InChI is InChI=1S/C23H21ClF2N2O4S/c1-2-32-22-11-9-17(14-18(22)24)33(30,31)28-21(12-15-6-4-3-5-7-15)23(29)27-16-8-10-19(25)20(26)13-16/h3-11,13-14,21,28H,2,12H2,1H3,(H,27,29)/t21-/m0/s1. The molecule has 33 heavy (non-hydrogen) atoms. The minimum atomic E-state index is -4.17. The second-order valence-electron chi connectivity index (χ2n) is 7.01. The van der Waals surface area contributed by atoms with Crippen molar-refractivity contribution in [3.63, 3.8) is 0 Å². The van der Waals surface area contributed by atoms with Crippen LogP contribution >= 0.6 is 11.6 Å². The molecule has 0 aliphatic heterocycles. The van der Waals surface area contributed by atoms with E-state index in [-0.39, 0.29) is 22.0 Å². The van der Waals surface area contributed by atoms with Gasteiger partial charge in [0.25, 0.3) is 0 Å². The summed E-state index contributed by atoms with van der Waals surface area (Å²) < 4.78 is 60.5. The lowest BCUT2D eigenvalue weighted by Gasteiger charge is -2.19. The molecule has 1 amide bonds. The maximum Gasteiger partial charge on any atom is 0.242 e. The van der Waals surface area contributed by atoms with Crippen LogP contribution in [0, 0.1) is 11.6 Å². The van der Waals surface area contributed by atoms with Crippen LogP contribution in [0.3, 0.4) is 0 Å². The van der Waals surface area contributed by atoms with Crippen LogP contribution in [0.5, 0.6) is 5.75 Å². The molecular formula is C23H21ClF2N2O4S. The van der Waals surface area contributed by atoms with E-state index >= 15 is 0 Å². The Morgan fingerprint density at radius 1 is 1.03 bits per heavy atom. The number of ether oxygens (including phenoxy) is 1. The highest BCUT2D eigenvalue weighted by atomic mass is 35.5. The molecule has 0 aliphatic rings. The molecule has 0 saturated heterocycles. The predicted molar refractivity (Wildman–Crippen MR) is 122 cm³/mol. The molecule has 2 N–H and O–H groups in total. The van der Waals surface area contributed by atoms with Crippen molar-refractivity contribution in [3.8, 4) is 5.75 Å². The summed E-state index contributed by atoms with van der Waals surface area (Å²) in [6.07, 6.45) is 0.0142. The van der Waals surface area contributed by atoms with Crippen LogP contribution in [-0.4, -0.2) is 27.0 Å². The minimum absolute atomic E-state index is 0.0136. The first kappa shape index (κ1) is 24.6. The summed E-state index contributed by atoms with van der Waals surface area (Å²) in [5.41, 5.74) is 0.677. The van der Waals surface area contributed by atoms with Gasteiger partial charge in [0.1, 0.15) is 11.8 Å². The number of sulfonamides is 1. The second-order valence-corrected chi connectivity index (χ2v) is 9.13. The van der Waals surface area contributed by atoms with Crippen molar-refractivity contribution in [2.24, 2.45) is 0 Å². The summed E-state index contributed by atoms with van der Waals surface area (Å²) in [5, 5.41) is 2.53. The van der Waals surface area contributed by atoms with Crippen molar-refractivity contribution in [3.05, 3.63) is 89.0 Å². The molecule has 0 bridgehead atoms. The van der Waals surface area contributed by atoms with Gasteiger partial charge in [-0.05, 0) is 49.2 Å². The number of carbonyl (C=O) groups excluding carboxylic acids is 1. The lowest BCUT2D eigenvalue weighted by molar-refractivity contribution is -0.117. The molecule has 0 heterocycles. The quantitative estimate of drug-likeness (QED) is 0.457. The Morgan fingerprint density at radius 3 is 2.39 bits per heavy atom. The molecule has 3 aromatic rings. The second kappa shape index (κ2) is 10.7. The number of hydrogen-bond donors (Lipinski definition) is 2. The average molecular weight is 495 g/mol. The van der Waals surface area contributed by atoms with Crippen LogP contribution in [0.1, 0.15) is 12.5 Å². The van der Waals surface area contributed by atoms with Crippen LogP contribution in [0.2, 0.25) is 5.02 Å². The molecule has 0 unspecified atom stereocenters. The van der Waals surface area contributed by atoms with Gasteiger partial charge in [0.05, 0.1) is 16.5 Å². The first-order chi connectivity index (χ1) is 15.7. The minimum Gasteiger partial charge on any atom is -0.492 e. The SMILES string of the molecule is CCOc1ccc(S(=O)(=O)N[C@@H](Cc2ccccc2)C(=O)Nc2ccc(F)c(F)c2)cc1Cl. The van der Waals surface area contributed by atoms with E-state index in [1.807, 2.05) is 0 Å². The zero-order chi connectivity index (χ0) is 24.0. The Balaban J connectivity index is 1.87. The van der Waals surface area contributed by atoms with Crippen molar-refractivity contribution in [1.29, 1.82) is 0 Å². The number of carbonyl (C=O) groups is 1. The van der Waals surface area contributed by atoms with Crippen LogP contribution < -0.4 is 14.8 Å².